The molecule has 0 amide bonds. The van der Waals surface area contributed by atoms with Gasteiger partial charge in [0, 0.05) is 22.8 Å². The van der Waals surface area contributed by atoms with E-state index in [1.807, 2.05) is 0 Å². The Kier molecular flexibility index (Phi) is 2.24. The van der Waals surface area contributed by atoms with Crippen molar-refractivity contribution in [2.75, 3.05) is 0 Å². The predicted molar refractivity (Wildman–Crippen MR) is 52.3 cm³/mol. The first-order valence-electron chi connectivity index (χ1n) is 3.86. The van der Waals surface area contributed by atoms with Crippen molar-refractivity contribution in [2.45, 2.75) is 0 Å². The van der Waals surface area contributed by atoms with Crippen LogP contribution in [-0.2, 0) is 0 Å². The summed E-state index contributed by atoms with van der Waals surface area (Å²) in [4.78, 5) is 19.5. The predicted octanol–water partition coefficient (Wildman–Crippen LogP) is 1.90. The van der Waals surface area contributed by atoms with Gasteiger partial charge < -0.3 is 5.11 Å². The average Bonchev–Trinajstić information content (AvgIpc) is 2.68. The summed E-state index contributed by atoms with van der Waals surface area (Å²) in [5, 5.41) is 8.72. The Hall–Kier alpha value is -1.75. The van der Waals surface area contributed by atoms with Crippen molar-refractivity contribution in [2.24, 2.45) is 0 Å². The largest absolute Gasteiger partial charge is 0.477 e. The lowest BCUT2D eigenvalue weighted by molar-refractivity contribution is 0.0702. The van der Waals surface area contributed by atoms with Crippen LogP contribution >= 0.6 is 11.3 Å². The van der Waals surface area contributed by atoms with Gasteiger partial charge in [-0.3, -0.25) is 0 Å². The summed E-state index contributed by atoms with van der Waals surface area (Å²) in [6.07, 6.45) is 4.75. The number of carboxylic acid groups (broad SMARTS) is 1. The summed E-state index contributed by atoms with van der Waals surface area (Å²) in [6.45, 7) is 0. The number of aromatic carboxylic acids is 1. The van der Waals surface area contributed by atoms with Crippen molar-refractivity contribution >= 4 is 17.3 Å². The third-order valence-corrected chi connectivity index (χ3v) is 2.78. The van der Waals surface area contributed by atoms with Crippen LogP contribution in [0.15, 0.2) is 30.9 Å². The minimum Gasteiger partial charge on any atom is -0.477 e. The molecule has 0 radical (unpaired) electrons. The minimum absolute atomic E-state index is 0.323. The molecule has 5 heteroatoms. The van der Waals surface area contributed by atoms with Gasteiger partial charge in [-0.2, -0.15) is 0 Å². The van der Waals surface area contributed by atoms with Crippen molar-refractivity contribution in [1.82, 2.24) is 9.97 Å². The number of hydrogen-bond acceptors (Lipinski definition) is 4. The summed E-state index contributed by atoms with van der Waals surface area (Å²) in [6, 6.07) is 3.34. The van der Waals surface area contributed by atoms with Gasteiger partial charge in [-0.05, 0) is 12.1 Å². The molecular weight excluding hydrogens is 200 g/mol. The molecule has 0 fully saturated rings. The van der Waals surface area contributed by atoms with E-state index in [4.69, 9.17) is 5.11 Å². The topological polar surface area (TPSA) is 63.1 Å². The molecule has 0 saturated carbocycles. The molecule has 0 aliphatic heterocycles. The summed E-state index contributed by atoms with van der Waals surface area (Å²) in [5.41, 5.74) is 0.838. The number of nitrogens with zero attached hydrogens (tertiary/aromatic N) is 2. The first kappa shape index (κ1) is 8.83. The van der Waals surface area contributed by atoms with Crippen LogP contribution in [0, 0.1) is 0 Å². The van der Waals surface area contributed by atoms with Crippen LogP contribution in [0.1, 0.15) is 9.67 Å². The van der Waals surface area contributed by atoms with E-state index in [0.717, 1.165) is 10.4 Å². The monoisotopic (exact) mass is 206 g/mol. The molecule has 0 aliphatic carbocycles. The quantitative estimate of drug-likeness (QED) is 0.815. The normalized spacial score (nSPS) is 10.0. The molecule has 14 heavy (non-hydrogen) atoms. The minimum atomic E-state index is -0.905. The van der Waals surface area contributed by atoms with Crippen molar-refractivity contribution in [3.05, 3.63) is 35.7 Å². The number of carboxylic acids is 1. The Morgan fingerprint density at radius 1 is 1.29 bits per heavy atom. The lowest BCUT2D eigenvalue weighted by Gasteiger charge is -1.92. The van der Waals surface area contributed by atoms with Crippen LogP contribution < -0.4 is 0 Å². The van der Waals surface area contributed by atoms with E-state index in [0.29, 0.717) is 4.88 Å². The molecule has 70 valence electrons. The second kappa shape index (κ2) is 3.55. The SMILES string of the molecule is O=C(O)c1ccc(-c2cncnc2)s1. The van der Waals surface area contributed by atoms with Crippen molar-refractivity contribution in [1.29, 1.82) is 0 Å². The number of aromatic nitrogens is 2. The maximum atomic E-state index is 10.6. The second-order valence-corrected chi connectivity index (χ2v) is 3.68. The number of rotatable bonds is 2. The maximum absolute atomic E-state index is 10.6. The molecule has 0 unspecified atom stereocenters. The summed E-state index contributed by atoms with van der Waals surface area (Å²) >= 11 is 1.21. The van der Waals surface area contributed by atoms with E-state index < -0.39 is 5.97 Å². The van der Waals surface area contributed by atoms with E-state index in [1.165, 1.54) is 17.7 Å². The zero-order valence-corrected chi connectivity index (χ0v) is 7.86. The highest BCUT2D eigenvalue weighted by atomic mass is 32.1. The van der Waals surface area contributed by atoms with Gasteiger partial charge in [0.05, 0.1) is 0 Å². The Bertz CT molecular complexity index is 453. The second-order valence-electron chi connectivity index (χ2n) is 2.60. The molecule has 0 spiro atoms. The third-order valence-electron chi connectivity index (χ3n) is 1.66. The molecule has 0 atom stereocenters. The fraction of sp³-hybridized carbons (Fsp3) is 0. The highest BCUT2D eigenvalue weighted by molar-refractivity contribution is 7.17. The molecule has 4 nitrogen and oxygen atoms in total. The van der Waals surface area contributed by atoms with Crippen LogP contribution in [0.4, 0.5) is 0 Å². The zero-order valence-electron chi connectivity index (χ0n) is 7.04. The molecule has 0 aromatic carbocycles. The van der Waals surface area contributed by atoms with E-state index in [-0.39, 0.29) is 0 Å². The average molecular weight is 206 g/mol. The van der Waals surface area contributed by atoms with E-state index >= 15 is 0 Å². The van der Waals surface area contributed by atoms with Gasteiger partial charge >= 0.3 is 5.97 Å². The highest BCUT2D eigenvalue weighted by Gasteiger charge is 2.07. The van der Waals surface area contributed by atoms with Gasteiger partial charge in [0.1, 0.15) is 11.2 Å². The smallest absolute Gasteiger partial charge is 0.345 e. The van der Waals surface area contributed by atoms with Crippen molar-refractivity contribution < 1.29 is 9.90 Å². The summed E-state index contributed by atoms with van der Waals surface area (Å²) in [7, 11) is 0. The molecule has 0 saturated heterocycles. The van der Waals surface area contributed by atoms with Gasteiger partial charge in [-0.25, -0.2) is 14.8 Å². The lowest BCUT2D eigenvalue weighted by Crippen LogP contribution is -1.89. The van der Waals surface area contributed by atoms with Gasteiger partial charge in [-0.1, -0.05) is 0 Å². The molecular formula is C9H6N2O2S. The fourth-order valence-corrected chi connectivity index (χ4v) is 1.85. The summed E-state index contributed by atoms with van der Waals surface area (Å²) in [5.74, 6) is -0.905. The third kappa shape index (κ3) is 1.62. The number of carbonyl (C=O) groups is 1. The molecule has 2 heterocycles. The Labute approximate surface area is 83.9 Å². The maximum Gasteiger partial charge on any atom is 0.345 e. The van der Waals surface area contributed by atoms with Crippen molar-refractivity contribution in [3.63, 3.8) is 0 Å². The molecule has 2 aromatic heterocycles. The molecule has 2 rings (SSSR count). The lowest BCUT2D eigenvalue weighted by atomic mass is 10.3. The highest BCUT2D eigenvalue weighted by Crippen LogP contribution is 2.26. The van der Waals surface area contributed by atoms with E-state index in [2.05, 4.69) is 9.97 Å². The van der Waals surface area contributed by atoms with Crippen LogP contribution in [0.5, 0.6) is 0 Å². The molecule has 2 aromatic rings. The first-order chi connectivity index (χ1) is 6.77. The van der Waals surface area contributed by atoms with Gasteiger partial charge in [0.25, 0.3) is 0 Å². The van der Waals surface area contributed by atoms with Crippen LogP contribution in [0.2, 0.25) is 0 Å². The van der Waals surface area contributed by atoms with Gasteiger partial charge in [0.15, 0.2) is 0 Å². The first-order valence-corrected chi connectivity index (χ1v) is 4.67. The van der Waals surface area contributed by atoms with Crippen LogP contribution in [-0.4, -0.2) is 21.0 Å². The molecule has 0 bridgehead atoms. The molecule has 0 aliphatic rings. The molecule has 1 N–H and O–H groups in total. The Balaban J connectivity index is 2.39. The van der Waals surface area contributed by atoms with Crippen molar-refractivity contribution in [3.8, 4) is 10.4 Å². The fourth-order valence-electron chi connectivity index (χ4n) is 1.03. The summed E-state index contributed by atoms with van der Waals surface area (Å²) < 4.78 is 0. The Morgan fingerprint density at radius 2 is 2.00 bits per heavy atom. The van der Waals surface area contributed by atoms with Crippen LogP contribution in [0.25, 0.3) is 10.4 Å². The van der Waals surface area contributed by atoms with Crippen LogP contribution in [0.3, 0.4) is 0 Å². The van der Waals surface area contributed by atoms with Gasteiger partial charge in [0.2, 0.25) is 0 Å². The Morgan fingerprint density at radius 3 is 2.57 bits per heavy atom. The standard InChI is InChI=1S/C9H6N2O2S/c12-9(13)8-2-1-7(14-8)6-3-10-5-11-4-6/h1-5H,(H,12,13). The van der Waals surface area contributed by atoms with Gasteiger partial charge in [-0.15, -0.1) is 11.3 Å². The number of hydrogen-bond donors (Lipinski definition) is 1. The zero-order chi connectivity index (χ0) is 9.97. The van der Waals surface area contributed by atoms with E-state index in [9.17, 15) is 4.79 Å². The number of thiophene rings is 1. The van der Waals surface area contributed by atoms with E-state index in [1.54, 1.807) is 24.5 Å².